The molecule has 0 radical (unpaired) electrons. The molecule has 31 heavy (non-hydrogen) atoms. The number of aryl methyl sites for hydroxylation is 2. The highest BCUT2D eigenvalue weighted by molar-refractivity contribution is 7.16. The Bertz CT molecular complexity index is 1360. The van der Waals surface area contributed by atoms with Crippen molar-refractivity contribution in [1.82, 2.24) is 29.7 Å². The molecule has 0 saturated carbocycles. The number of aromatic nitrogens is 5. The zero-order valence-corrected chi connectivity index (χ0v) is 19.7. The van der Waals surface area contributed by atoms with Crippen molar-refractivity contribution in [2.75, 3.05) is 0 Å². The zero-order chi connectivity index (χ0) is 22.1. The summed E-state index contributed by atoms with van der Waals surface area (Å²) in [6.07, 6.45) is 3.95. The number of hydrogen-bond acceptors (Lipinski definition) is 6. The molecule has 162 valence electrons. The molecule has 5 rings (SSSR count). The standard InChI is InChI=1S/C23H28N6OS/c1-13-7-14(8-15-12-28(6)25-19(13)15)17-9-18(30)29-21(24-17)31-20(26-29)16-10-22(2,3)27-23(4,5)11-16/h7-9,12,16,27H,10-11H2,1-6H3. The van der Waals surface area contributed by atoms with Gasteiger partial charge in [0.2, 0.25) is 4.96 Å². The molecule has 1 N–H and O–H groups in total. The molecule has 0 amide bonds. The van der Waals surface area contributed by atoms with E-state index in [1.807, 2.05) is 37.0 Å². The third kappa shape index (κ3) is 3.68. The summed E-state index contributed by atoms with van der Waals surface area (Å²) >= 11 is 1.54. The average molecular weight is 437 g/mol. The second kappa shape index (κ2) is 6.71. The number of rotatable bonds is 2. The Labute approximate surface area is 185 Å². The van der Waals surface area contributed by atoms with Gasteiger partial charge in [-0.2, -0.15) is 14.7 Å². The monoisotopic (exact) mass is 436 g/mol. The SMILES string of the molecule is Cc1cc(-c2cc(=O)n3nc(C4CC(C)(C)NC(C)(C)C4)sc3n2)cc2cn(C)nc12. The van der Waals surface area contributed by atoms with Gasteiger partial charge >= 0.3 is 0 Å². The summed E-state index contributed by atoms with van der Waals surface area (Å²) in [6, 6.07) is 5.69. The molecule has 3 aromatic heterocycles. The van der Waals surface area contributed by atoms with Crippen molar-refractivity contribution in [3.8, 4) is 11.3 Å². The van der Waals surface area contributed by atoms with Crippen molar-refractivity contribution in [2.45, 2.75) is 64.5 Å². The highest BCUT2D eigenvalue weighted by Crippen LogP contribution is 2.40. The lowest BCUT2D eigenvalue weighted by Gasteiger charge is -2.45. The first-order chi connectivity index (χ1) is 14.5. The predicted molar refractivity (Wildman–Crippen MR) is 125 cm³/mol. The molecular formula is C23H28N6OS. The molecule has 0 spiro atoms. The van der Waals surface area contributed by atoms with E-state index >= 15 is 0 Å². The van der Waals surface area contributed by atoms with E-state index in [1.54, 1.807) is 6.07 Å². The lowest BCUT2D eigenvalue weighted by molar-refractivity contribution is 0.161. The van der Waals surface area contributed by atoms with Gasteiger partial charge in [0.25, 0.3) is 5.56 Å². The van der Waals surface area contributed by atoms with Crippen LogP contribution in [-0.2, 0) is 7.05 Å². The first-order valence-electron chi connectivity index (χ1n) is 10.6. The van der Waals surface area contributed by atoms with Crippen LogP contribution in [0.25, 0.3) is 27.1 Å². The van der Waals surface area contributed by atoms with E-state index in [-0.39, 0.29) is 16.6 Å². The molecule has 1 saturated heterocycles. The van der Waals surface area contributed by atoms with Crippen LogP contribution in [0.15, 0.2) is 29.2 Å². The van der Waals surface area contributed by atoms with Gasteiger partial charge in [0.15, 0.2) is 0 Å². The Kier molecular flexibility index (Phi) is 4.40. The third-order valence-corrected chi connectivity index (χ3v) is 7.08. The molecule has 1 aliphatic rings. The topological polar surface area (TPSA) is 77.1 Å². The molecule has 1 aromatic carbocycles. The van der Waals surface area contributed by atoms with Crippen molar-refractivity contribution >= 4 is 27.2 Å². The van der Waals surface area contributed by atoms with Crippen LogP contribution in [0.5, 0.6) is 0 Å². The van der Waals surface area contributed by atoms with Crippen LogP contribution in [0.1, 0.15) is 57.0 Å². The molecule has 0 bridgehead atoms. The summed E-state index contributed by atoms with van der Waals surface area (Å²) in [5.41, 5.74) is 3.55. The molecular weight excluding hydrogens is 408 g/mol. The van der Waals surface area contributed by atoms with E-state index in [4.69, 9.17) is 10.1 Å². The normalized spacial score (nSPS) is 18.8. The van der Waals surface area contributed by atoms with Gasteiger partial charge in [-0.25, -0.2) is 4.98 Å². The second-order valence-electron chi connectivity index (χ2n) is 10.1. The highest BCUT2D eigenvalue weighted by atomic mass is 32.1. The molecule has 1 fully saturated rings. The van der Waals surface area contributed by atoms with Crippen molar-refractivity contribution in [2.24, 2.45) is 7.05 Å². The van der Waals surface area contributed by atoms with Crippen molar-refractivity contribution in [3.63, 3.8) is 0 Å². The molecule has 4 aromatic rings. The van der Waals surface area contributed by atoms with Gasteiger partial charge in [-0.1, -0.05) is 11.3 Å². The molecule has 8 heteroatoms. The Balaban J connectivity index is 1.59. The molecule has 1 aliphatic heterocycles. The van der Waals surface area contributed by atoms with Crippen molar-refractivity contribution in [1.29, 1.82) is 0 Å². The summed E-state index contributed by atoms with van der Waals surface area (Å²) in [6.45, 7) is 11.0. The lowest BCUT2D eigenvalue weighted by Crippen LogP contribution is -2.57. The molecule has 0 aliphatic carbocycles. The van der Waals surface area contributed by atoms with E-state index in [0.29, 0.717) is 16.6 Å². The van der Waals surface area contributed by atoms with Gasteiger partial charge in [0.1, 0.15) is 5.01 Å². The van der Waals surface area contributed by atoms with E-state index in [2.05, 4.69) is 38.1 Å². The third-order valence-electron chi connectivity index (χ3n) is 6.01. The lowest BCUT2D eigenvalue weighted by atomic mass is 9.76. The fraction of sp³-hybridized carbons (Fsp3) is 0.478. The van der Waals surface area contributed by atoms with Crippen LogP contribution in [-0.4, -0.2) is 35.5 Å². The van der Waals surface area contributed by atoms with Gasteiger partial charge in [-0.05, 0) is 65.2 Å². The number of benzene rings is 1. The predicted octanol–water partition coefficient (Wildman–Crippen LogP) is 4.04. The van der Waals surface area contributed by atoms with Crippen LogP contribution in [0.3, 0.4) is 0 Å². The maximum atomic E-state index is 12.9. The van der Waals surface area contributed by atoms with Crippen LogP contribution in [0, 0.1) is 6.92 Å². The largest absolute Gasteiger partial charge is 0.307 e. The minimum Gasteiger partial charge on any atom is -0.307 e. The van der Waals surface area contributed by atoms with Crippen molar-refractivity contribution < 1.29 is 0 Å². The minimum atomic E-state index is -0.140. The van der Waals surface area contributed by atoms with Gasteiger partial charge in [0, 0.05) is 47.3 Å². The van der Waals surface area contributed by atoms with E-state index in [0.717, 1.165) is 39.9 Å². The maximum absolute atomic E-state index is 12.9. The minimum absolute atomic E-state index is 0.0183. The number of fused-ring (bicyclic) bond motifs is 2. The number of piperidine rings is 1. The quantitative estimate of drug-likeness (QED) is 0.513. The van der Waals surface area contributed by atoms with Gasteiger partial charge < -0.3 is 5.32 Å². The van der Waals surface area contributed by atoms with Crippen LogP contribution < -0.4 is 10.9 Å². The van der Waals surface area contributed by atoms with Crippen LogP contribution in [0.2, 0.25) is 0 Å². The number of nitrogens with zero attached hydrogens (tertiary/aromatic N) is 5. The average Bonchev–Trinajstić information content (AvgIpc) is 3.22. The second-order valence-corrected chi connectivity index (χ2v) is 11.1. The maximum Gasteiger partial charge on any atom is 0.275 e. The first-order valence-corrected chi connectivity index (χ1v) is 11.5. The number of nitrogens with one attached hydrogen (secondary N) is 1. The summed E-state index contributed by atoms with van der Waals surface area (Å²) in [5, 5.41) is 15.0. The van der Waals surface area contributed by atoms with E-state index < -0.39 is 0 Å². The fourth-order valence-electron chi connectivity index (χ4n) is 5.21. The molecule has 0 atom stereocenters. The summed E-state index contributed by atoms with van der Waals surface area (Å²) < 4.78 is 3.27. The van der Waals surface area contributed by atoms with Crippen molar-refractivity contribution in [3.05, 3.63) is 45.3 Å². The molecule has 7 nitrogen and oxygen atoms in total. The smallest absolute Gasteiger partial charge is 0.275 e. The Morgan fingerprint density at radius 1 is 1.10 bits per heavy atom. The Morgan fingerprint density at radius 3 is 2.52 bits per heavy atom. The van der Waals surface area contributed by atoms with E-state index in [1.165, 1.54) is 15.9 Å². The van der Waals surface area contributed by atoms with Crippen LogP contribution >= 0.6 is 11.3 Å². The summed E-state index contributed by atoms with van der Waals surface area (Å²) in [7, 11) is 1.91. The van der Waals surface area contributed by atoms with E-state index in [9.17, 15) is 4.79 Å². The first kappa shape index (κ1) is 20.3. The Hall–Kier alpha value is -2.58. The van der Waals surface area contributed by atoms with Gasteiger partial charge in [-0.15, -0.1) is 0 Å². The molecule has 0 unspecified atom stereocenters. The summed E-state index contributed by atoms with van der Waals surface area (Å²) in [5.74, 6) is 0.301. The molecule has 4 heterocycles. The van der Waals surface area contributed by atoms with Crippen LogP contribution in [0.4, 0.5) is 0 Å². The highest BCUT2D eigenvalue weighted by Gasteiger charge is 2.39. The summed E-state index contributed by atoms with van der Waals surface area (Å²) in [4.78, 5) is 18.4. The Morgan fingerprint density at radius 2 is 1.81 bits per heavy atom. The number of hydrogen-bond donors (Lipinski definition) is 1. The van der Waals surface area contributed by atoms with Gasteiger partial charge in [0.05, 0.1) is 11.2 Å². The zero-order valence-electron chi connectivity index (χ0n) is 18.9. The van der Waals surface area contributed by atoms with Gasteiger partial charge in [-0.3, -0.25) is 9.48 Å². The fourth-order valence-corrected chi connectivity index (χ4v) is 6.22.